The molecule has 0 amide bonds. The van der Waals surface area contributed by atoms with E-state index in [1.807, 2.05) is 36.4 Å². The molecule has 0 bridgehead atoms. The molecule has 0 radical (unpaired) electrons. The van der Waals surface area contributed by atoms with E-state index in [4.69, 9.17) is 15.0 Å². The lowest BCUT2D eigenvalue weighted by molar-refractivity contribution is 1.07. The lowest BCUT2D eigenvalue weighted by atomic mass is 9.92. The Bertz CT molecular complexity index is 4020. The Kier molecular flexibility index (Phi) is 10.4. The summed E-state index contributed by atoms with van der Waals surface area (Å²) in [7, 11) is 0. The molecule has 0 aliphatic heterocycles. The van der Waals surface area contributed by atoms with Gasteiger partial charge in [0.1, 0.15) is 0 Å². The van der Waals surface area contributed by atoms with Gasteiger partial charge in [-0.05, 0) is 88.0 Å². The summed E-state index contributed by atoms with van der Waals surface area (Å²) in [6.07, 6.45) is 0. The van der Waals surface area contributed by atoms with Crippen LogP contribution in [0, 0.1) is 0 Å². The molecule has 14 rings (SSSR count). The largest absolute Gasteiger partial charge is 0.309 e. The van der Waals surface area contributed by atoms with Gasteiger partial charge in [0.25, 0.3) is 0 Å². The van der Waals surface area contributed by atoms with Crippen molar-refractivity contribution in [2.45, 2.75) is 0 Å². The standard InChI is InChI=1S/C69H45N5/c1-5-21-46(22-6-1)55-39-37-50(44-65(55)73-61-33-17-13-29-57(61)58-30-14-18-34-62(58)73)52-41-53(43-54(42-52)69-71-67(48-25-9-3-10-26-48)70-68(72-69)49-27-11-4-12-28-49)51-38-40-56(47-23-7-2-8-24-47)66(45-51)74-63-35-19-15-31-59(63)60-32-16-20-36-64(60)74/h1-45H. The van der Waals surface area contributed by atoms with Crippen LogP contribution in [0.5, 0.6) is 0 Å². The van der Waals surface area contributed by atoms with Crippen LogP contribution >= 0.6 is 0 Å². The van der Waals surface area contributed by atoms with Crippen molar-refractivity contribution in [3.63, 3.8) is 0 Å². The maximum absolute atomic E-state index is 5.30. The molecule has 346 valence electrons. The van der Waals surface area contributed by atoms with Crippen LogP contribution in [0.1, 0.15) is 0 Å². The van der Waals surface area contributed by atoms with Crippen LogP contribution in [0.15, 0.2) is 273 Å². The highest BCUT2D eigenvalue weighted by Crippen LogP contribution is 2.43. The maximum atomic E-state index is 5.30. The first kappa shape index (κ1) is 42.9. The van der Waals surface area contributed by atoms with Crippen molar-refractivity contribution in [2.24, 2.45) is 0 Å². The number of nitrogens with zero attached hydrogens (tertiary/aromatic N) is 5. The zero-order valence-electron chi connectivity index (χ0n) is 40.2. The number of para-hydroxylation sites is 4. The van der Waals surface area contributed by atoms with Crippen molar-refractivity contribution in [2.75, 3.05) is 0 Å². The smallest absolute Gasteiger partial charge is 0.164 e. The van der Waals surface area contributed by atoms with Gasteiger partial charge in [-0.15, -0.1) is 0 Å². The minimum Gasteiger partial charge on any atom is -0.309 e. The topological polar surface area (TPSA) is 48.5 Å². The van der Waals surface area contributed by atoms with Gasteiger partial charge in [0, 0.05) is 49.4 Å². The van der Waals surface area contributed by atoms with Crippen LogP contribution in [0.25, 0.3) is 134 Å². The summed E-state index contributed by atoms with van der Waals surface area (Å²) in [6.45, 7) is 0. The van der Waals surface area contributed by atoms with E-state index in [-0.39, 0.29) is 0 Å². The summed E-state index contributed by atoms with van der Waals surface area (Å²) in [5.74, 6) is 1.82. The first-order valence-corrected chi connectivity index (χ1v) is 25.1. The summed E-state index contributed by atoms with van der Waals surface area (Å²) in [4.78, 5) is 15.7. The Hall–Kier alpha value is -9.97. The SMILES string of the molecule is c1ccc(-c2nc(-c3ccccc3)nc(-c3cc(-c4ccc(-c5ccccc5)c(-n5c6ccccc6c6ccccc65)c4)cc(-c4ccc(-c5ccccc5)c(-n5c6ccccc6c6ccccc65)c4)c3)n2)cc1. The first-order chi connectivity index (χ1) is 36.7. The number of aromatic nitrogens is 5. The zero-order chi connectivity index (χ0) is 49.0. The molecule has 5 nitrogen and oxygen atoms in total. The molecule has 0 aliphatic rings. The average molecular weight is 944 g/mol. The van der Waals surface area contributed by atoms with Gasteiger partial charge >= 0.3 is 0 Å². The maximum Gasteiger partial charge on any atom is 0.164 e. The van der Waals surface area contributed by atoms with E-state index >= 15 is 0 Å². The number of hydrogen-bond acceptors (Lipinski definition) is 3. The van der Waals surface area contributed by atoms with Crippen molar-refractivity contribution in [1.82, 2.24) is 24.1 Å². The highest BCUT2D eigenvalue weighted by Gasteiger charge is 2.21. The molecule has 74 heavy (non-hydrogen) atoms. The fraction of sp³-hybridized carbons (Fsp3) is 0. The highest BCUT2D eigenvalue weighted by atomic mass is 15.0. The molecule has 0 N–H and O–H groups in total. The van der Waals surface area contributed by atoms with Crippen LogP contribution in [-0.2, 0) is 0 Å². The van der Waals surface area contributed by atoms with Crippen molar-refractivity contribution < 1.29 is 0 Å². The second-order valence-electron chi connectivity index (χ2n) is 18.8. The molecule has 0 fully saturated rings. The Morgan fingerprint density at radius 1 is 0.203 bits per heavy atom. The molecule has 11 aromatic carbocycles. The summed E-state index contributed by atoms with van der Waals surface area (Å²) in [5, 5.41) is 4.86. The molecule has 14 aromatic rings. The summed E-state index contributed by atoms with van der Waals surface area (Å²) in [5.41, 5.74) is 18.3. The fourth-order valence-corrected chi connectivity index (χ4v) is 10.9. The van der Waals surface area contributed by atoms with Gasteiger partial charge in [0.05, 0.1) is 33.4 Å². The Labute approximate surface area is 428 Å². The molecule has 0 saturated heterocycles. The second-order valence-corrected chi connectivity index (χ2v) is 18.8. The van der Waals surface area contributed by atoms with Crippen LogP contribution in [0.4, 0.5) is 0 Å². The Morgan fingerprint density at radius 3 is 0.838 bits per heavy atom. The third-order valence-electron chi connectivity index (χ3n) is 14.4. The van der Waals surface area contributed by atoms with Gasteiger partial charge < -0.3 is 9.13 Å². The van der Waals surface area contributed by atoms with Gasteiger partial charge in [-0.25, -0.2) is 15.0 Å². The minimum atomic E-state index is 0.591. The van der Waals surface area contributed by atoms with Crippen LogP contribution in [0.2, 0.25) is 0 Å². The van der Waals surface area contributed by atoms with E-state index in [1.165, 1.54) is 21.5 Å². The lowest BCUT2D eigenvalue weighted by Crippen LogP contribution is -2.01. The Balaban J connectivity index is 1.05. The molecule has 0 unspecified atom stereocenters. The molecule has 5 heteroatoms. The van der Waals surface area contributed by atoms with E-state index in [1.54, 1.807) is 0 Å². The number of benzene rings is 11. The van der Waals surface area contributed by atoms with E-state index < -0.39 is 0 Å². The van der Waals surface area contributed by atoms with Crippen molar-refractivity contribution in [1.29, 1.82) is 0 Å². The normalized spacial score (nSPS) is 11.5. The van der Waals surface area contributed by atoms with Crippen molar-refractivity contribution in [3.05, 3.63) is 273 Å². The molecule has 0 aliphatic carbocycles. The van der Waals surface area contributed by atoms with Crippen LogP contribution in [0.3, 0.4) is 0 Å². The van der Waals surface area contributed by atoms with Gasteiger partial charge in [0.2, 0.25) is 0 Å². The number of rotatable bonds is 9. The van der Waals surface area contributed by atoms with E-state index in [2.05, 4.69) is 246 Å². The zero-order valence-corrected chi connectivity index (χ0v) is 40.2. The summed E-state index contributed by atoms with van der Waals surface area (Å²) >= 11 is 0. The average Bonchev–Trinajstić information content (AvgIpc) is 4.00. The highest BCUT2D eigenvalue weighted by molar-refractivity contribution is 6.11. The van der Waals surface area contributed by atoms with Gasteiger partial charge in [-0.1, -0.05) is 218 Å². The van der Waals surface area contributed by atoms with Crippen LogP contribution < -0.4 is 0 Å². The van der Waals surface area contributed by atoms with Crippen molar-refractivity contribution in [3.8, 4) is 90.0 Å². The summed E-state index contributed by atoms with van der Waals surface area (Å²) < 4.78 is 4.87. The predicted octanol–water partition coefficient (Wildman–Crippen LogP) is 17.7. The first-order valence-electron chi connectivity index (χ1n) is 25.1. The minimum absolute atomic E-state index is 0.591. The molecule has 0 atom stereocenters. The second kappa shape index (κ2) is 18.0. The lowest BCUT2D eigenvalue weighted by Gasteiger charge is -2.18. The third kappa shape index (κ3) is 7.46. The van der Waals surface area contributed by atoms with Gasteiger partial charge in [0.15, 0.2) is 17.5 Å². The monoisotopic (exact) mass is 943 g/mol. The van der Waals surface area contributed by atoms with Gasteiger partial charge in [-0.3, -0.25) is 0 Å². The van der Waals surface area contributed by atoms with E-state index in [0.717, 1.165) is 94.6 Å². The summed E-state index contributed by atoms with van der Waals surface area (Å²) in [6, 6.07) is 97.5. The molecule has 0 spiro atoms. The predicted molar refractivity (Wildman–Crippen MR) is 307 cm³/mol. The number of fused-ring (bicyclic) bond motifs is 6. The molecule has 3 heterocycles. The molecular formula is C69H45N5. The van der Waals surface area contributed by atoms with Crippen LogP contribution in [-0.4, -0.2) is 24.1 Å². The Morgan fingerprint density at radius 2 is 0.486 bits per heavy atom. The van der Waals surface area contributed by atoms with E-state index in [0.29, 0.717) is 17.5 Å². The number of hydrogen-bond donors (Lipinski definition) is 0. The molecular weight excluding hydrogens is 899 g/mol. The van der Waals surface area contributed by atoms with Crippen molar-refractivity contribution >= 4 is 43.6 Å². The van der Waals surface area contributed by atoms with E-state index in [9.17, 15) is 0 Å². The van der Waals surface area contributed by atoms with Gasteiger partial charge in [-0.2, -0.15) is 0 Å². The molecule has 3 aromatic heterocycles. The third-order valence-corrected chi connectivity index (χ3v) is 14.4. The molecule has 0 saturated carbocycles. The fourth-order valence-electron chi connectivity index (χ4n) is 10.9. The quantitative estimate of drug-likeness (QED) is 0.145.